The van der Waals surface area contributed by atoms with Crippen LogP contribution in [0.5, 0.6) is 0 Å². The lowest BCUT2D eigenvalue weighted by atomic mass is 10.2. The number of thioether (sulfide) groups is 2. The first-order valence-electron chi connectivity index (χ1n) is 9.56. The lowest BCUT2D eigenvalue weighted by molar-refractivity contribution is 0.0985. The highest BCUT2D eigenvalue weighted by Gasteiger charge is 2.22. The summed E-state index contributed by atoms with van der Waals surface area (Å²) in [6, 6.07) is 17.8. The van der Waals surface area contributed by atoms with Crippen molar-refractivity contribution in [3.63, 3.8) is 0 Å². The summed E-state index contributed by atoms with van der Waals surface area (Å²) in [6.45, 7) is 2.54. The predicted molar refractivity (Wildman–Crippen MR) is 129 cm³/mol. The summed E-state index contributed by atoms with van der Waals surface area (Å²) in [4.78, 5) is 26.6. The number of fused-ring (bicyclic) bond motifs is 1. The second-order valence-electron chi connectivity index (χ2n) is 6.51. The topological polar surface area (TPSA) is 46.1 Å². The standard InChI is InChI=1S/C23H21N3OS3/c1-3-29-18-11-9-17(10-12-18)22(27)26(15-16-6-5-13-24-14-16)23-25-21-19(28-2)7-4-8-20(21)30-23/h4-14H,3,15H2,1-2H3. The van der Waals surface area contributed by atoms with E-state index in [9.17, 15) is 4.79 Å². The molecule has 0 radical (unpaired) electrons. The molecule has 0 bridgehead atoms. The van der Waals surface area contributed by atoms with E-state index in [0.29, 0.717) is 17.2 Å². The van der Waals surface area contributed by atoms with Crippen LogP contribution >= 0.6 is 34.9 Å². The minimum absolute atomic E-state index is 0.0586. The van der Waals surface area contributed by atoms with Gasteiger partial charge < -0.3 is 0 Å². The summed E-state index contributed by atoms with van der Waals surface area (Å²) in [5.41, 5.74) is 2.57. The molecule has 0 aliphatic rings. The van der Waals surface area contributed by atoms with Gasteiger partial charge in [-0.25, -0.2) is 4.98 Å². The molecular formula is C23H21N3OS3. The van der Waals surface area contributed by atoms with Gasteiger partial charge in [-0.15, -0.1) is 23.5 Å². The third-order valence-corrected chi connectivity index (χ3v) is 7.25. The molecule has 0 unspecified atom stereocenters. The van der Waals surface area contributed by atoms with Crippen LogP contribution in [0.4, 0.5) is 5.13 Å². The number of pyridine rings is 1. The lowest BCUT2D eigenvalue weighted by Crippen LogP contribution is -2.30. The van der Waals surface area contributed by atoms with Crippen LogP contribution in [0.2, 0.25) is 0 Å². The zero-order chi connectivity index (χ0) is 20.9. The van der Waals surface area contributed by atoms with Gasteiger partial charge in [0.15, 0.2) is 5.13 Å². The number of anilines is 1. The van der Waals surface area contributed by atoms with Gasteiger partial charge >= 0.3 is 0 Å². The summed E-state index contributed by atoms with van der Waals surface area (Å²) in [7, 11) is 0. The van der Waals surface area contributed by atoms with Crippen molar-refractivity contribution in [2.75, 3.05) is 16.9 Å². The van der Waals surface area contributed by atoms with Crippen molar-refractivity contribution in [3.05, 3.63) is 78.1 Å². The second kappa shape index (κ2) is 9.64. The van der Waals surface area contributed by atoms with E-state index in [1.165, 1.54) is 0 Å². The maximum absolute atomic E-state index is 13.5. The largest absolute Gasteiger partial charge is 0.279 e. The minimum atomic E-state index is -0.0586. The van der Waals surface area contributed by atoms with E-state index in [4.69, 9.17) is 4.98 Å². The molecule has 0 aliphatic carbocycles. The van der Waals surface area contributed by atoms with Crippen LogP contribution in [-0.2, 0) is 6.54 Å². The summed E-state index contributed by atoms with van der Waals surface area (Å²) in [5.74, 6) is 0.945. The van der Waals surface area contributed by atoms with Gasteiger partial charge in [-0.1, -0.05) is 30.4 Å². The van der Waals surface area contributed by atoms with Crippen molar-refractivity contribution < 1.29 is 4.79 Å². The number of carbonyl (C=O) groups is 1. The minimum Gasteiger partial charge on any atom is -0.279 e. The van der Waals surface area contributed by atoms with Crippen molar-refractivity contribution in [2.24, 2.45) is 0 Å². The molecular weight excluding hydrogens is 430 g/mol. The van der Waals surface area contributed by atoms with Crippen LogP contribution in [0, 0.1) is 0 Å². The average Bonchev–Trinajstić information content (AvgIpc) is 3.22. The zero-order valence-corrected chi connectivity index (χ0v) is 19.2. The van der Waals surface area contributed by atoms with Gasteiger partial charge in [0, 0.05) is 27.7 Å². The van der Waals surface area contributed by atoms with E-state index in [1.54, 1.807) is 52.2 Å². The Morgan fingerprint density at radius 3 is 2.63 bits per heavy atom. The Kier molecular flexibility index (Phi) is 6.72. The normalized spacial score (nSPS) is 11.0. The number of hydrogen-bond donors (Lipinski definition) is 0. The Balaban J connectivity index is 1.73. The Morgan fingerprint density at radius 1 is 1.10 bits per heavy atom. The highest BCUT2D eigenvalue weighted by atomic mass is 32.2. The molecule has 4 nitrogen and oxygen atoms in total. The Bertz CT molecular complexity index is 1140. The quantitative estimate of drug-likeness (QED) is 0.305. The van der Waals surface area contributed by atoms with Gasteiger partial charge in [-0.05, 0) is 60.0 Å². The number of rotatable bonds is 7. The summed E-state index contributed by atoms with van der Waals surface area (Å²) in [6.07, 6.45) is 5.58. The highest BCUT2D eigenvalue weighted by molar-refractivity contribution is 7.99. The molecule has 0 spiro atoms. The fourth-order valence-electron chi connectivity index (χ4n) is 3.11. The van der Waals surface area contributed by atoms with Gasteiger partial charge in [0.1, 0.15) is 0 Å². The van der Waals surface area contributed by atoms with Crippen molar-refractivity contribution >= 4 is 56.1 Å². The molecule has 2 heterocycles. The lowest BCUT2D eigenvalue weighted by Gasteiger charge is -2.20. The van der Waals surface area contributed by atoms with Crippen LogP contribution in [0.15, 0.2) is 76.8 Å². The van der Waals surface area contributed by atoms with E-state index in [0.717, 1.165) is 31.3 Å². The number of aromatic nitrogens is 2. The third kappa shape index (κ3) is 4.53. The first-order chi connectivity index (χ1) is 14.7. The van der Waals surface area contributed by atoms with Crippen LogP contribution in [0.25, 0.3) is 10.2 Å². The summed E-state index contributed by atoms with van der Waals surface area (Å²) < 4.78 is 1.08. The molecule has 4 rings (SSSR count). The first kappa shape index (κ1) is 20.9. The number of amides is 1. The van der Waals surface area contributed by atoms with E-state index in [1.807, 2.05) is 48.7 Å². The van der Waals surface area contributed by atoms with Crippen molar-refractivity contribution in [2.45, 2.75) is 23.3 Å². The third-order valence-electron chi connectivity index (χ3n) is 4.54. The smallest absolute Gasteiger partial charge is 0.260 e. The summed E-state index contributed by atoms with van der Waals surface area (Å²) in [5, 5.41) is 0.701. The number of benzene rings is 2. The van der Waals surface area contributed by atoms with E-state index >= 15 is 0 Å². The molecule has 30 heavy (non-hydrogen) atoms. The maximum Gasteiger partial charge on any atom is 0.260 e. The Labute approximate surface area is 188 Å². The van der Waals surface area contributed by atoms with E-state index in [-0.39, 0.29) is 5.91 Å². The number of nitrogens with zero attached hydrogens (tertiary/aromatic N) is 3. The number of para-hydroxylation sites is 1. The van der Waals surface area contributed by atoms with Gasteiger partial charge in [-0.3, -0.25) is 14.7 Å². The zero-order valence-electron chi connectivity index (χ0n) is 16.7. The SMILES string of the molecule is CCSc1ccc(C(=O)N(Cc2cccnc2)c2nc3c(SC)cccc3s2)cc1. The van der Waals surface area contributed by atoms with Gasteiger partial charge in [0.25, 0.3) is 5.91 Å². The number of hydrogen-bond acceptors (Lipinski definition) is 6. The molecule has 0 atom stereocenters. The van der Waals surface area contributed by atoms with E-state index in [2.05, 4.69) is 24.0 Å². The first-order valence-corrected chi connectivity index (χ1v) is 12.6. The van der Waals surface area contributed by atoms with E-state index < -0.39 is 0 Å². The predicted octanol–water partition coefficient (Wildman–Crippen LogP) is 6.37. The van der Waals surface area contributed by atoms with Crippen LogP contribution in [0.3, 0.4) is 0 Å². The monoisotopic (exact) mass is 451 g/mol. The molecule has 152 valence electrons. The number of carbonyl (C=O) groups excluding carboxylic acids is 1. The van der Waals surface area contributed by atoms with Crippen molar-refractivity contribution in [1.82, 2.24) is 9.97 Å². The molecule has 2 aromatic carbocycles. The van der Waals surface area contributed by atoms with Crippen LogP contribution in [0.1, 0.15) is 22.8 Å². The fourth-order valence-corrected chi connectivity index (χ4v) is 5.39. The highest BCUT2D eigenvalue weighted by Crippen LogP contribution is 2.35. The molecule has 0 saturated carbocycles. The second-order valence-corrected chi connectivity index (χ2v) is 9.71. The number of thiazole rings is 1. The fraction of sp³-hybridized carbons (Fsp3) is 0.174. The molecule has 0 fully saturated rings. The molecule has 0 aliphatic heterocycles. The molecule has 7 heteroatoms. The molecule has 0 saturated heterocycles. The average molecular weight is 452 g/mol. The summed E-state index contributed by atoms with van der Waals surface area (Å²) >= 11 is 4.98. The van der Waals surface area contributed by atoms with Crippen LogP contribution < -0.4 is 4.90 Å². The van der Waals surface area contributed by atoms with Crippen molar-refractivity contribution in [3.8, 4) is 0 Å². The maximum atomic E-state index is 13.5. The van der Waals surface area contributed by atoms with Crippen molar-refractivity contribution in [1.29, 1.82) is 0 Å². The van der Waals surface area contributed by atoms with Crippen LogP contribution in [-0.4, -0.2) is 27.9 Å². The Hall–Kier alpha value is -2.35. The molecule has 1 amide bonds. The molecule has 2 aromatic heterocycles. The molecule has 4 aromatic rings. The molecule has 0 N–H and O–H groups in total. The van der Waals surface area contributed by atoms with Gasteiger partial charge in [0.2, 0.25) is 0 Å². The Morgan fingerprint density at radius 2 is 1.93 bits per heavy atom. The van der Waals surface area contributed by atoms with Gasteiger partial charge in [0.05, 0.1) is 16.8 Å². The van der Waals surface area contributed by atoms with Gasteiger partial charge in [-0.2, -0.15) is 0 Å².